The number of likely N-dealkylation sites (tertiary alicyclic amines) is 1. The van der Waals surface area contributed by atoms with Gasteiger partial charge in [0, 0.05) is 43.4 Å². The highest BCUT2D eigenvalue weighted by atomic mass is 32.2. The number of carbonyl (C=O) groups is 3. The minimum absolute atomic E-state index is 0.0607. The maximum absolute atomic E-state index is 12.8. The Morgan fingerprint density at radius 2 is 1.91 bits per heavy atom. The van der Waals surface area contributed by atoms with Gasteiger partial charge in [-0.25, -0.2) is 0 Å². The maximum Gasteiger partial charge on any atom is 0.262 e. The molecule has 0 saturated carbocycles. The Morgan fingerprint density at radius 3 is 2.55 bits per heavy atom. The summed E-state index contributed by atoms with van der Waals surface area (Å²) >= 11 is 1.37. The van der Waals surface area contributed by atoms with Crippen molar-refractivity contribution in [2.24, 2.45) is 4.99 Å². The Morgan fingerprint density at radius 1 is 1.21 bits per heavy atom. The van der Waals surface area contributed by atoms with Crippen molar-refractivity contribution < 1.29 is 18.9 Å². The number of aromatic nitrogens is 1. The van der Waals surface area contributed by atoms with Crippen LogP contribution >= 0.6 is 11.8 Å². The highest BCUT2D eigenvalue weighted by molar-refractivity contribution is 8.15. The van der Waals surface area contributed by atoms with E-state index in [4.69, 9.17) is 4.52 Å². The largest absolute Gasteiger partial charge is 0.361 e. The van der Waals surface area contributed by atoms with E-state index in [1.165, 1.54) is 11.8 Å². The minimum atomic E-state index is -0.487. The number of hydrogen-bond acceptors (Lipinski definition) is 7. The molecular formula is C23H27N5O4S. The number of carbonyl (C=O) groups excluding carboxylic acids is 3. The fourth-order valence-electron chi connectivity index (χ4n) is 3.89. The molecular weight excluding hydrogens is 442 g/mol. The molecule has 10 heteroatoms. The van der Waals surface area contributed by atoms with Gasteiger partial charge in [-0.15, -0.1) is 0 Å². The molecule has 1 atom stereocenters. The quantitative estimate of drug-likeness (QED) is 0.693. The molecule has 9 nitrogen and oxygen atoms in total. The first-order valence-corrected chi connectivity index (χ1v) is 11.8. The molecule has 33 heavy (non-hydrogen) atoms. The summed E-state index contributed by atoms with van der Waals surface area (Å²) in [5, 5.41) is 6.97. The van der Waals surface area contributed by atoms with E-state index in [0.717, 1.165) is 42.4 Å². The second-order valence-electron chi connectivity index (χ2n) is 8.33. The highest BCUT2D eigenvalue weighted by Crippen LogP contribution is 2.29. The summed E-state index contributed by atoms with van der Waals surface area (Å²) < 4.78 is 5.16. The third-order valence-corrected chi connectivity index (χ3v) is 7.03. The van der Waals surface area contributed by atoms with Crippen LogP contribution in [0.4, 0.5) is 5.69 Å². The first-order valence-electron chi connectivity index (χ1n) is 10.9. The van der Waals surface area contributed by atoms with Gasteiger partial charge >= 0.3 is 0 Å². The molecule has 1 N–H and O–H groups in total. The lowest BCUT2D eigenvalue weighted by atomic mass is 10.1. The Bertz CT molecular complexity index is 1070. The van der Waals surface area contributed by atoms with E-state index >= 15 is 0 Å². The summed E-state index contributed by atoms with van der Waals surface area (Å²) in [6, 6.07) is 6.72. The lowest BCUT2D eigenvalue weighted by Crippen LogP contribution is -2.26. The third kappa shape index (κ3) is 5.27. The van der Waals surface area contributed by atoms with Crippen LogP contribution in [0.2, 0.25) is 0 Å². The second kappa shape index (κ2) is 9.78. The first-order chi connectivity index (χ1) is 15.8. The van der Waals surface area contributed by atoms with Gasteiger partial charge in [-0.3, -0.25) is 14.4 Å². The van der Waals surface area contributed by atoms with E-state index in [2.05, 4.69) is 20.4 Å². The number of rotatable bonds is 6. The van der Waals surface area contributed by atoms with Crippen LogP contribution in [-0.4, -0.2) is 63.2 Å². The first kappa shape index (κ1) is 23.0. The number of aliphatic imine (C=N–C) groups is 1. The molecule has 0 aliphatic carbocycles. The van der Waals surface area contributed by atoms with Gasteiger partial charge < -0.3 is 19.6 Å². The van der Waals surface area contributed by atoms with Gasteiger partial charge in [0.15, 0.2) is 5.17 Å². The van der Waals surface area contributed by atoms with Crippen molar-refractivity contribution in [3.8, 4) is 0 Å². The number of amides is 3. The average Bonchev–Trinajstić information content (AvgIpc) is 3.52. The molecule has 0 bridgehead atoms. The molecule has 1 aromatic heterocycles. The van der Waals surface area contributed by atoms with Crippen molar-refractivity contribution in [2.45, 2.75) is 44.9 Å². The Labute approximate surface area is 196 Å². The van der Waals surface area contributed by atoms with Crippen molar-refractivity contribution in [3.05, 3.63) is 46.8 Å². The Kier molecular flexibility index (Phi) is 6.83. The standard InChI is InChI=1S/C23H27N5O4S/c1-14-18(15(2)32-26-14)13-27(3)22(31)16-6-8-17(9-7-16)24-20(29)12-19-21(30)25-23(33-19)28-10-4-5-11-28/h6-9,19H,4-5,10-13H2,1-3H3,(H,24,29). The number of amidine groups is 1. The lowest BCUT2D eigenvalue weighted by Gasteiger charge is -2.17. The van der Waals surface area contributed by atoms with Gasteiger partial charge in [-0.1, -0.05) is 16.9 Å². The molecule has 174 valence electrons. The summed E-state index contributed by atoms with van der Waals surface area (Å²) in [5.41, 5.74) is 2.74. The van der Waals surface area contributed by atoms with Crippen molar-refractivity contribution in [2.75, 3.05) is 25.5 Å². The van der Waals surface area contributed by atoms with Crippen LogP contribution in [0.5, 0.6) is 0 Å². The van der Waals surface area contributed by atoms with Crippen molar-refractivity contribution in [1.29, 1.82) is 0 Å². The van der Waals surface area contributed by atoms with Crippen LogP contribution < -0.4 is 5.32 Å². The van der Waals surface area contributed by atoms with Crippen LogP contribution in [0.25, 0.3) is 0 Å². The number of aryl methyl sites for hydroxylation is 2. The van der Waals surface area contributed by atoms with E-state index in [9.17, 15) is 14.4 Å². The second-order valence-corrected chi connectivity index (χ2v) is 9.50. The van der Waals surface area contributed by atoms with Gasteiger partial charge in [0.1, 0.15) is 11.0 Å². The maximum atomic E-state index is 12.8. The zero-order chi connectivity index (χ0) is 23.5. The smallest absolute Gasteiger partial charge is 0.262 e. The van der Waals surface area contributed by atoms with Crippen LogP contribution in [0.3, 0.4) is 0 Å². The molecule has 4 rings (SSSR count). The number of nitrogens with zero attached hydrogens (tertiary/aromatic N) is 4. The van der Waals surface area contributed by atoms with E-state index in [1.807, 2.05) is 13.8 Å². The molecule has 1 saturated heterocycles. The van der Waals surface area contributed by atoms with E-state index in [1.54, 1.807) is 36.2 Å². The number of thioether (sulfide) groups is 1. The monoisotopic (exact) mass is 469 g/mol. The summed E-state index contributed by atoms with van der Waals surface area (Å²) in [5.74, 6) is 0.0436. The molecule has 1 fully saturated rings. The molecule has 2 aromatic rings. The van der Waals surface area contributed by atoms with Crippen molar-refractivity contribution in [1.82, 2.24) is 15.0 Å². The Balaban J connectivity index is 1.29. The van der Waals surface area contributed by atoms with Gasteiger partial charge in [0.2, 0.25) is 5.91 Å². The lowest BCUT2D eigenvalue weighted by molar-refractivity contribution is -0.121. The van der Waals surface area contributed by atoms with Gasteiger partial charge in [-0.2, -0.15) is 4.99 Å². The zero-order valence-corrected chi connectivity index (χ0v) is 19.8. The van der Waals surface area contributed by atoms with Crippen LogP contribution in [0, 0.1) is 13.8 Å². The molecule has 3 heterocycles. The van der Waals surface area contributed by atoms with E-state index in [0.29, 0.717) is 23.6 Å². The Hall–Kier alpha value is -3.14. The van der Waals surface area contributed by atoms with E-state index in [-0.39, 0.29) is 24.1 Å². The molecule has 0 spiro atoms. The van der Waals surface area contributed by atoms with Crippen LogP contribution in [0.1, 0.15) is 46.6 Å². The van der Waals surface area contributed by atoms with Crippen LogP contribution in [-0.2, 0) is 16.1 Å². The fourth-order valence-corrected chi connectivity index (χ4v) is 5.00. The summed E-state index contributed by atoms with van der Waals surface area (Å²) in [6.45, 7) is 5.89. The number of nitrogens with one attached hydrogen (secondary N) is 1. The summed E-state index contributed by atoms with van der Waals surface area (Å²) in [7, 11) is 1.72. The van der Waals surface area contributed by atoms with Crippen LogP contribution in [0.15, 0.2) is 33.8 Å². The van der Waals surface area contributed by atoms with E-state index < -0.39 is 5.25 Å². The molecule has 1 unspecified atom stereocenters. The number of hydrogen-bond donors (Lipinski definition) is 1. The summed E-state index contributed by atoms with van der Waals surface area (Å²) in [6.07, 6.45) is 2.27. The highest BCUT2D eigenvalue weighted by Gasteiger charge is 2.33. The minimum Gasteiger partial charge on any atom is -0.361 e. The predicted octanol–water partition coefficient (Wildman–Crippen LogP) is 2.99. The SMILES string of the molecule is Cc1noc(C)c1CN(C)C(=O)c1ccc(NC(=O)CC2SC(N3CCCC3)=NC2=O)cc1. The average molecular weight is 470 g/mol. The van der Waals surface area contributed by atoms with Gasteiger partial charge in [0.25, 0.3) is 11.8 Å². The molecule has 0 radical (unpaired) electrons. The predicted molar refractivity (Wildman–Crippen MR) is 126 cm³/mol. The van der Waals surface area contributed by atoms with Gasteiger partial charge in [0.05, 0.1) is 12.2 Å². The topological polar surface area (TPSA) is 108 Å². The normalized spacial score (nSPS) is 17.9. The zero-order valence-electron chi connectivity index (χ0n) is 19.0. The number of benzene rings is 1. The third-order valence-electron chi connectivity index (χ3n) is 5.82. The molecule has 1 aromatic carbocycles. The summed E-state index contributed by atoms with van der Waals surface area (Å²) in [4.78, 5) is 45.3. The fraction of sp³-hybridized carbons (Fsp3) is 0.435. The van der Waals surface area contributed by atoms with Crippen molar-refractivity contribution >= 4 is 40.3 Å². The van der Waals surface area contributed by atoms with Gasteiger partial charge in [-0.05, 0) is 51.0 Å². The molecule has 3 amide bonds. The van der Waals surface area contributed by atoms with Crippen molar-refractivity contribution in [3.63, 3.8) is 0 Å². The molecule has 2 aliphatic heterocycles. The molecule has 2 aliphatic rings. The number of anilines is 1.